The van der Waals surface area contributed by atoms with Crippen LogP contribution in [0.4, 0.5) is 0 Å². The maximum absolute atomic E-state index is 11.5. The fourth-order valence-corrected chi connectivity index (χ4v) is 2.36. The number of nitrogens with one attached hydrogen (secondary N) is 1. The Morgan fingerprint density at radius 2 is 2.23 bits per heavy atom. The van der Waals surface area contributed by atoms with Gasteiger partial charge in [-0.05, 0) is 13.8 Å². The van der Waals surface area contributed by atoms with Crippen molar-refractivity contribution in [3.63, 3.8) is 0 Å². The first-order valence-corrected chi connectivity index (χ1v) is 6.26. The molecule has 0 aliphatic carbocycles. The highest BCUT2D eigenvalue weighted by molar-refractivity contribution is 7.92. The molecule has 1 aliphatic rings. The van der Waals surface area contributed by atoms with Crippen molar-refractivity contribution < 1.29 is 13.2 Å². The summed E-state index contributed by atoms with van der Waals surface area (Å²) in [4.78, 5) is 0. The maximum Gasteiger partial charge on any atom is 0.154 e. The molecule has 4 nitrogen and oxygen atoms in total. The standard InChI is InChI=1S/C8H17NO3S/c1-7(2)13(10,11)6-8-5-12-4-3-9-8/h7-9H,3-6H2,1-2H3. The van der Waals surface area contributed by atoms with E-state index in [1.807, 2.05) is 0 Å². The molecular weight excluding hydrogens is 190 g/mol. The SMILES string of the molecule is CC(C)S(=O)(=O)CC1COCCN1. The van der Waals surface area contributed by atoms with Crippen LogP contribution in [-0.4, -0.2) is 45.2 Å². The average molecular weight is 207 g/mol. The van der Waals surface area contributed by atoms with Gasteiger partial charge in [0.15, 0.2) is 9.84 Å². The summed E-state index contributed by atoms with van der Waals surface area (Å²) < 4.78 is 28.2. The van der Waals surface area contributed by atoms with Crippen molar-refractivity contribution in [2.45, 2.75) is 25.1 Å². The molecule has 0 aromatic rings. The van der Waals surface area contributed by atoms with Crippen LogP contribution >= 0.6 is 0 Å². The second kappa shape index (κ2) is 4.39. The van der Waals surface area contributed by atoms with Crippen LogP contribution in [0.2, 0.25) is 0 Å². The van der Waals surface area contributed by atoms with E-state index in [1.165, 1.54) is 0 Å². The normalized spacial score (nSPS) is 25.0. The van der Waals surface area contributed by atoms with Crippen LogP contribution in [0.1, 0.15) is 13.8 Å². The molecule has 0 spiro atoms. The van der Waals surface area contributed by atoms with Crippen molar-refractivity contribution in [1.82, 2.24) is 5.32 Å². The number of sulfone groups is 1. The highest BCUT2D eigenvalue weighted by Gasteiger charge is 2.23. The summed E-state index contributed by atoms with van der Waals surface area (Å²) in [6, 6.07) is -0.0267. The fraction of sp³-hybridized carbons (Fsp3) is 1.00. The minimum absolute atomic E-state index is 0.0267. The van der Waals surface area contributed by atoms with Crippen LogP contribution in [0.25, 0.3) is 0 Å². The zero-order valence-electron chi connectivity index (χ0n) is 8.12. The van der Waals surface area contributed by atoms with Gasteiger partial charge >= 0.3 is 0 Å². The Bertz CT molecular complexity index is 242. The van der Waals surface area contributed by atoms with Crippen molar-refractivity contribution in [3.05, 3.63) is 0 Å². The smallest absolute Gasteiger partial charge is 0.154 e. The van der Waals surface area contributed by atoms with E-state index < -0.39 is 9.84 Å². The predicted octanol–water partition coefficient (Wildman–Crippen LogP) is -0.202. The molecule has 1 atom stereocenters. The minimum atomic E-state index is -2.94. The van der Waals surface area contributed by atoms with Crippen molar-refractivity contribution in [2.24, 2.45) is 0 Å². The van der Waals surface area contributed by atoms with Gasteiger partial charge in [0.1, 0.15) is 0 Å². The average Bonchev–Trinajstić information content (AvgIpc) is 2.05. The van der Waals surface area contributed by atoms with Crippen LogP contribution < -0.4 is 5.32 Å². The third-order valence-electron chi connectivity index (χ3n) is 2.15. The number of morpholine rings is 1. The maximum atomic E-state index is 11.5. The Kier molecular flexibility index (Phi) is 3.70. The third kappa shape index (κ3) is 3.25. The highest BCUT2D eigenvalue weighted by atomic mass is 32.2. The van der Waals surface area contributed by atoms with Crippen molar-refractivity contribution in [2.75, 3.05) is 25.5 Å². The first-order chi connectivity index (χ1) is 6.02. The Hall–Kier alpha value is -0.130. The van der Waals surface area contributed by atoms with Gasteiger partial charge in [0.2, 0.25) is 0 Å². The number of ether oxygens (including phenoxy) is 1. The molecule has 0 bridgehead atoms. The van der Waals surface area contributed by atoms with E-state index in [9.17, 15) is 8.42 Å². The Morgan fingerprint density at radius 1 is 1.54 bits per heavy atom. The second-order valence-corrected chi connectivity index (χ2v) is 6.21. The Morgan fingerprint density at radius 3 is 2.69 bits per heavy atom. The van der Waals surface area contributed by atoms with Gasteiger partial charge in [-0.3, -0.25) is 0 Å². The first-order valence-electron chi connectivity index (χ1n) is 4.55. The first kappa shape index (κ1) is 10.9. The summed E-state index contributed by atoms with van der Waals surface area (Å²) in [5, 5.41) is 2.83. The molecule has 1 fully saturated rings. The van der Waals surface area contributed by atoms with Gasteiger partial charge in [0.25, 0.3) is 0 Å². The third-order valence-corrected chi connectivity index (χ3v) is 4.45. The molecule has 5 heteroatoms. The number of hydrogen-bond acceptors (Lipinski definition) is 4. The predicted molar refractivity (Wildman–Crippen MR) is 51.5 cm³/mol. The lowest BCUT2D eigenvalue weighted by Crippen LogP contribution is -2.46. The molecule has 1 N–H and O–H groups in total. The molecule has 13 heavy (non-hydrogen) atoms. The minimum Gasteiger partial charge on any atom is -0.378 e. The Balaban J connectivity index is 2.47. The van der Waals surface area contributed by atoms with Gasteiger partial charge in [-0.1, -0.05) is 0 Å². The van der Waals surface area contributed by atoms with Gasteiger partial charge in [0, 0.05) is 12.6 Å². The van der Waals surface area contributed by atoms with Gasteiger partial charge in [-0.25, -0.2) is 8.42 Å². The zero-order valence-corrected chi connectivity index (χ0v) is 8.93. The second-order valence-electron chi connectivity index (χ2n) is 3.60. The van der Waals surface area contributed by atoms with E-state index in [0.29, 0.717) is 13.2 Å². The summed E-state index contributed by atoms with van der Waals surface area (Å²) in [6.07, 6.45) is 0. The highest BCUT2D eigenvalue weighted by Crippen LogP contribution is 2.05. The van der Waals surface area contributed by atoms with Crippen molar-refractivity contribution in [3.8, 4) is 0 Å². The number of hydrogen-bond donors (Lipinski definition) is 1. The van der Waals surface area contributed by atoms with Crippen LogP contribution in [0.3, 0.4) is 0 Å². The van der Waals surface area contributed by atoms with Crippen LogP contribution in [0.5, 0.6) is 0 Å². The lowest BCUT2D eigenvalue weighted by Gasteiger charge is -2.24. The van der Waals surface area contributed by atoms with Crippen LogP contribution in [0.15, 0.2) is 0 Å². The van der Waals surface area contributed by atoms with Crippen LogP contribution in [-0.2, 0) is 14.6 Å². The molecule has 1 heterocycles. The topological polar surface area (TPSA) is 55.4 Å². The summed E-state index contributed by atoms with van der Waals surface area (Å²) in [5.74, 6) is 0.185. The summed E-state index contributed by atoms with van der Waals surface area (Å²) in [6.45, 7) is 5.35. The van der Waals surface area contributed by atoms with Gasteiger partial charge in [-0.2, -0.15) is 0 Å². The van der Waals surface area contributed by atoms with E-state index in [4.69, 9.17) is 4.74 Å². The molecule has 0 saturated carbocycles. The zero-order chi connectivity index (χ0) is 9.90. The van der Waals surface area contributed by atoms with Crippen molar-refractivity contribution >= 4 is 9.84 Å². The molecule has 0 radical (unpaired) electrons. The molecule has 0 aromatic carbocycles. The van der Waals surface area contributed by atoms with E-state index in [0.717, 1.165) is 6.54 Å². The monoisotopic (exact) mass is 207 g/mol. The molecule has 1 aliphatic heterocycles. The molecule has 1 unspecified atom stereocenters. The van der Waals surface area contributed by atoms with E-state index in [-0.39, 0.29) is 17.0 Å². The van der Waals surface area contributed by atoms with Crippen molar-refractivity contribution in [1.29, 1.82) is 0 Å². The summed E-state index contributed by atoms with van der Waals surface area (Å²) >= 11 is 0. The van der Waals surface area contributed by atoms with E-state index in [2.05, 4.69) is 5.32 Å². The van der Waals surface area contributed by atoms with Crippen LogP contribution in [0, 0.1) is 0 Å². The number of rotatable bonds is 3. The quantitative estimate of drug-likeness (QED) is 0.696. The molecule has 1 saturated heterocycles. The van der Waals surface area contributed by atoms with Gasteiger partial charge in [0.05, 0.1) is 24.2 Å². The molecule has 1 rings (SSSR count). The Labute approximate surface area is 79.6 Å². The molecule has 0 aromatic heterocycles. The van der Waals surface area contributed by atoms with E-state index >= 15 is 0 Å². The van der Waals surface area contributed by atoms with E-state index in [1.54, 1.807) is 13.8 Å². The summed E-state index contributed by atoms with van der Waals surface area (Å²) in [5.41, 5.74) is 0. The molecule has 0 amide bonds. The largest absolute Gasteiger partial charge is 0.378 e. The lowest BCUT2D eigenvalue weighted by molar-refractivity contribution is 0.0832. The lowest BCUT2D eigenvalue weighted by atomic mass is 10.3. The molecular formula is C8H17NO3S. The fourth-order valence-electron chi connectivity index (χ4n) is 1.20. The molecule has 78 valence electrons. The summed E-state index contributed by atoms with van der Waals surface area (Å²) in [7, 11) is -2.94. The van der Waals surface area contributed by atoms with Gasteiger partial charge in [-0.15, -0.1) is 0 Å². The van der Waals surface area contributed by atoms with Gasteiger partial charge < -0.3 is 10.1 Å².